The molecule has 0 aliphatic rings. The van der Waals surface area contributed by atoms with Crippen molar-refractivity contribution >= 4 is 17.0 Å². The zero-order valence-electron chi connectivity index (χ0n) is 7.56. The van der Waals surface area contributed by atoms with E-state index in [0.29, 0.717) is 5.65 Å². The van der Waals surface area contributed by atoms with Crippen molar-refractivity contribution in [2.75, 3.05) is 0 Å². The van der Waals surface area contributed by atoms with Gasteiger partial charge in [-0.05, 0) is 24.6 Å². The number of aromatic nitrogens is 2. The normalized spacial score (nSPS) is 10.4. The molecule has 4 heteroatoms. The van der Waals surface area contributed by atoms with E-state index in [1.54, 1.807) is 12.3 Å². The number of pyridine rings is 2. The third kappa shape index (κ3) is 1.42. The molecule has 0 atom stereocenters. The Balaban J connectivity index is 2.69. The van der Waals surface area contributed by atoms with Gasteiger partial charge in [-0.25, -0.2) is 14.8 Å². The second kappa shape index (κ2) is 3.06. The van der Waals surface area contributed by atoms with E-state index in [-0.39, 0.29) is 5.56 Å². The maximum atomic E-state index is 10.7. The summed E-state index contributed by atoms with van der Waals surface area (Å²) in [6, 6.07) is 3.44. The Morgan fingerprint density at radius 1 is 1.29 bits per heavy atom. The van der Waals surface area contributed by atoms with Gasteiger partial charge in [0.15, 0.2) is 5.65 Å². The van der Waals surface area contributed by atoms with Crippen LogP contribution >= 0.6 is 0 Å². The van der Waals surface area contributed by atoms with Crippen molar-refractivity contribution in [2.45, 2.75) is 6.92 Å². The lowest BCUT2D eigenvalue weighted by Gasteiger charge is -1.98. The number of nitrogens with zero attached hydrogens (tertiary/aromatic N) is 2. The summed E-state index contributed by atoms with van der Waals surface area (Å²) in [6.45, 7) is 1.90. The van der Waals surface area contributed by atoms with Crippen LogP contribution in [0.4, 0.5) is 0 Å². The molecule has 0 unspecified atom stereocenters. The number of rotatable bonds is 1. The Morgan fingerprint density at radius 2 is 2.00 bits per heavy atom. The molecule has 1 N–H and O–H groups in total. The Kier molecular flexibility index (Phi) is 1.89. The molecule has 0 saturated carbocycles. The first-order valence-electron chi connectivity index (χ1n) is 4.12. The summed E-state index contributed by atoms with van der Waals surface area (Å²) in [5, 5.41) is 9.51. The number of hydrogen-bond donors (Lipinski definition) is 1. The molecule has 0 radical (unpaired) electrons. The van der Waals surface area contributed by atoms with Crippen molar-refractivity contribution in [1.29, 1.82) is 0 Å². The zero-order valence-corrected chi connectivity index (χ0v) is 7.56. The van der Waals surface area contributed by atoms with Crippen LogP contribution in [0, 0.1) is 6.92 Å². The van der Waals surface area contributed by atoms with Gasteiger partial charge in [0, 0.05) is 17.8 Å². The number of aromatic carboxylic acids is 1. The molecule has 2 aromatic heterocycles. The summed E-state index contributed by atoms with van der Waals surface area (Å²) < 4.78 is 0. The fraction of sp³-hybridized carbons (Fsp3) is 0.100. The quantitative estimate of drug-likeness (QED) is 0.738. The molecule has 4 nitrogen and oxygen atoms in total. The topological polar surface area (TPSA) is 63.1 Å². The fourth-order valence-corrected chi connectivity index (χ4v) is 1.25. The van der Waals surface area contributed by atoms with Crippen LogP contribution < -0.4 is 0 Å². The largest absolute Gasteiger partial charge is 0.478 e. The van der Waals surface area contributed by atoms with Crippen LogP contribution in [0.2, 0.25) is 0 Å². The molecule has 0 spiro atoms. The van der Waals surface area contributed by atoms with Gasteiger partial charge in [0.25, 0.3) is 0 Å². The first kappa shape index (κ1) is 8.62. The summed E-state index contributed by atoms with van der Waals surface area (Å²) in [5.74, 6) is -0.971. The Hall–Kier alpha value is -1.97. The zero-order chi connectivity index (χ0) is 10.1. The van der Waals surface area contributed by atoms with Crippen molar-refractivity contribution in [2.24, 2.45) is 0 Å². The number of aryl methyl sites for hydroxylation is 1. The predicted octanol–water partition coefficient (Wildman–Crippen LogP) is 1.64. The molecule has 2 aromatic rings. The lowest BCUT2D eigenvalue weighted by atomic mass is 10.2. The highest BCUT2D eigenvalue weighted by atomic mass is 16.4. The minimum absolute atomic E-state index is 0.185. The minimum atomic E-state index is -0.971. The van der Waals surface area contributed by atoms with Gasteiger partial charge in [0.05, 0.1) is 5.56 Å². The highest BCUT2D eigenvalue weighted by molar-refractivity contribution is 5.91. The standard InChI is InChI=1S/C10H8N2O2/c1-6-2-7-3-8(10(13)14)5-12-9(7)11-4-6/h2-5H,1H3,(H,13,14). The maximum Gasteiger partial charge on any atom is 0.337 e. The Bertz CT molecular complexity index is 508. The number of hydrogen-bond acceptors (Lipinski definition) is 3. The molecule has 0 saturated heterocycles. The second-order valence-electron chi connectivity index (χ2n) is 3.09. The van der Waals surface area contributed by atoms with Crippen molar-refractivity contribution < 1.29 is 9.90 Å². The third-order valence-corrected chi connectivity index (χ3v) is 1.92. The van der Waals surface area contributed by atoms with Crippen LogP contribution in [0.1, 0.15) is 15.9 Å². The van der Waals surface area contributed by atoms with Crippen LogP contribution in [-0.4, -0.2) is 21.0 Å². The maximum absolute atomic E-state index is 10.7. The van der Waals surface area contributed by atoms with Gasteiger partial charge in [-0.15, -0.1) is 0 Å². The number of fused-ring (bicyclic) bond motifs is 1. The minimum Gasteiger partial charge on any atom is -0.478 e. The van der Waals surface area contributed by atoms with Crippen molar-refractivity contribution in [3.05, 3.63) is 35.7 Å². The van der Waals surface area contributed by atoms with E-state index in [9.17, 15) is 4.79 Å². The highest BCUT2D eigenvalue weighted by Crippen LogP contribution is 2.12. The van der Waals surface area contributed by atoms with Crippen LogP contribution in [0.5, 0.6) is 0 Å². The van der Waals surface area contributed by atoms with Gasteiger partial charge >= 0.3 is 5.97 Å². The molecule has 14 heavy (non-hydrogen) atoms. The smallest absolute Gasteiger partial charge is 0.337 e. The predicted molar refractivity (Wildman–Crippen MR) is 51.2 cm³/mol. The van der Waals surface area contributed by atoms with Crippen LogP contribution in [0.15, 0.2) is 24.5 Å². The van der Waals surface area contributed by atoms with Crippen LogP contribution in [-0.2, 0) is 0 Å². The molecule has 2 rings (SSSR count). The Labute approximate surface area is 80.2 Å². The number of carbonyl (C=O) groups is 1. The van der Waals surface area contributed by atoms with Crippen molar-refractivity contribution in [3.63, 3.8) is 0 Å². The molecule has 70 valence electrons. The summed E-state index contributed by atoms with van der Waals surface area (Å²) >= 11 is 0. The molecule has 0 bridgehead atoms. The Morgan fingerprint density at radius 3 is 2.71 bits per heavy atom. The molecule has 0 aromatic carbocycles. The van der Waals surface area contributed by atoms with Gasteiger partial charge in [0.2, 0.25) is 0 Å². The van der Waals surface area contributed by atoms with E-state index in [0.717, 1.165) is 10.9 Å². The van der Waals surface area contributed by atoms with E-state index in [1.807, 2.05) is 13.0 Å². The molecule has 0 fully saturated rings. The summed E-state index contributed by atoms with van der Waals surface area (Å²) in [5.41, 5.74) is 1.74. The summed E-state index contributed by atoms with van der Waals surface area (Å²) in [4.78, 5) is 18.7. The second-order valence-corrected chi connectivity index (χ2v) is 3.09. The highest BCUT2D eigenvalue weighted by Gasteiger charge is 2.04. The average Bonchev–Trinajstić information content (AvgIpc) is 2.16. The van der Waals surface area contributed by atoms with Crippen LogP contribution in [0.3, 0.4) is 0 Å². The fourth-order valence-electron chi connectivity index (χ4n) is 1.25. The number of carboxylic acid groups (broad SMARTS) is 1. The molecular weight excluding hydrogens is 180 g/mol. The van der Waals surface area contributed by atoms with Crippen molar-refractivity contribution in [1.82, 2.24) is 9.97 Å². The monoisotopic (exact) mass is 188 g/mol. The van der Waals surface area contributed by atoms with Gasteiger partial charge in [-0.1, -0.05) is 0 Å². The van der Waals surface area contributed by atoms with Gasteiger partial charge in [0.1, 0.15) is 0 Å². The third-order valence-electron chi connectivity index (χ3n) is 1.92. The first-order valence-corrected chi connectivity index (χ1v) is 4.12. The number of carboxylic acids is 1. The average molecular weight is 188 g/mol. The van der Waals surface area contributed by atoms with Gasteiger partial charge < -0.3 is 5.11 Å². The molecule has 0 amide bonds. The first-order chi connectivity index (χ1) is 6.66. The molecule has 0 aliphatic carbocycles. The van der Waals surface area contributed by atoms with Gasteiger partial charge in [-0.3, -0.25) is 0 Å². The van der Waals surface area contributed by atoms with Gasteiger partial charge in [-0.2, -0.15) is 0 Å². The molecule has 2 heterocycles. The van der Waals surface area contributed by atoms with Crippen LogP contribution in [0.25, 0.3) is 11.0 Å². The SMILES string of the molecule is Cc1cnc2ncc(C(=O)O)cc2c1. The summed E-state index contributed by atoms with van der Waals surface area (Å²) in [7, 11) is 0. The molecular formula is C10H8N2O2. The summed E-state index contributed by atoms with van der Waals surface area (Å²) in [6.07, 6.45) is 3.02. The lowest BCUT2D eigenvalue weighted by molar-refractivity contribution is 0.0696. The van der Waals surface area contributed by atoms with E-state index >= 15 is 0 Å². The lowest BCUT2D eigenvalue weighted by Crippen LogP contribution is -1.97. The van der Waals surface area contributed by atoms with Crippen molar-refractivity contribution in [3.8, 4) is 0 Å². The van der Waals surface area contributed by atoms with E-state index in [1.165, 1.54) is 6.20 Å². The van der Waals surface area contributed by atoms with E-state index < -0.39 is 5.97 Å². The van der Waals surface area contributed by atoms with E-state index in [2.05, 4.69) is 9.97 Å². The molecule has 0 aliphatic heterocycles. The van der Waals surface area contributed by atoms with E-state index in [4.69, 9.17) is 5.11 Å².